The van der Waals surface area contributed by atoms with E-state index in [0.717, 1.165) is 25.8 Å². The Morgan fingerprint density at radius 1 is 1.43 bits per heavy atom. The molecule has 2 rings (SSSR count). The first-order valence-corrected chi connectivity index (χ1v) is 7.56. The van der Waals surface area contributed by atoms with Crippen molar-refractivity contribution in [3.05, 3.63) is 22.2 Å². The predicted molar refractivity (Wildman–Crippen MR) is 84.7 cm³/mol. The second-order valence-corrected chi connectivity index (χ2v) is 6.53. The molecule has 21 heavy (non-hydrogen) atoms. The van der Waals surface area contributed by atoms with Gasteiger partial charge in [-0.05, 0) is 31.1 Å². The van der Waals surface area contributed by atoms with Gasteiger partial charge in [0.25, 0.3) is 5.69 Å². The minimum absolute atomic E-state index is 0.0726. The minimum atomic E-state index is -0.372. The van der Waals surface area contributed by atoms with E-state index in [2.05, 4.69) is 29.5 Å². The Labute approximate surface area is 125 Å². The number of hydrogen-bond donors (Lipinski definition) is 2. The third-order valence-corrected chi connectivity index (χ3v) is 3.90. The molecule has 6 nitrogen and oxygen atoms in total. The molecule has 0 saturated heterocycles. The topological polar surface area (TPSA) is 80.1 Å². The Balaban J connectivity index is 2.14. The van der Waals surface area contributed by atoms with Crippen LogP contribution in [0.4, 0.5) is 17.3 Å². The summed E-state index contributed by atoms with van der Waals surface area (Å²) in [6, 6.07) is 3.34. The summed E-state index contributed by atoms with van der Waals surface area (Å²) in [6.45, 7) is 7.31. The SMILES string of the molecule is CCCNc1cc([N+](=O)[O-])cc(NC2CCC(C)(C)C2)n1. The van der Waals surface area contributed by atoms with E-state index >= 15 is 0 Å². The Morgan fingerprint density at radius 2 is 2.14 bits per heavy atom. The molecule has 116 valence electrons. The van der Waals surface area contributed by atoms with Crippen LogP contribution in [0.5, 0.6) is 0 Å². The highest BCUT2D eigenvalue weighted by molar-refractivity contribution is 5.55. The van der Waals surface area contributed by atoms with Gasteiger partial charge >= 0.3 is 0 Å². The standard InChI is InChI=1S/C15H24N4O2/c1-4-7-16-13-8-12(19(20)21)9-14(18-13)17-11-5-6-15(2,3)10-11/h8-9,11H,4-7,10H2,1-3H3,(H2,16,17,18). The van der Waals surface area contributed by atoms with Crippen LogP contribution in [0.25, 0.3) is 0 Å². The van der Waals surface area contributed by atoms with Crippen LogP contribution in [-0.4, -0.2) is 22.5 Å². The molecule has 2 N–H and O–H groups in total. The van der Waals surface area contributed by atoms with Gasteiger partial charge in [-0.1, -0.05) is 20.8 Å². The molecule has 1 aromatic rings. The fourth-order valence-electron chi connectivity index (χ4n) is 2.81. The van der Waals surface area contributed by atoms with E-state index < -0.39 is 0 Å². The molecule has 0 radical (unpaired) electrons. The molecule has 0 bridgehead atoms. The van der Waals surface area contributed by atoms with Gasteiger partial charge in [0.1, 0.15) is 11.6 Å². The number of hydrogen-bond acceptors (Lipinski definition) is 5. The quantitative estimate of drug-likeness (QED) is 0.615. The molecule has 1 aliphatic carbocycles. The molecule has 1 unspecified atom stereocenters. The van der Waals surface area contributed by atoms with Gasteiger partial charge in [0.15, 0.2) is 0 Å². The lowest BCUT2D eigenvalue weighted by molar-refractivity contribution is -0.384. The second kappa shape index (κ2) is 6.28. The highest BCUT2D eigenvalue weighted by Gasteiger charge is 2.31. The number of nitrogens with zero attached hydrogens (tertiary/aromatic N) is 2. The third kappa shape index (κ3) is 4.31. The number of rotatable bonds is 6. The molecule has 0 aliphatic heterocycles. The minimum Gasteiger partial charge on any atom is -0.370 e. The van der Waals surface area contributed by atoms with Gasteiger partial charge in [0.05, 0.1) is 17.1 Å². The van der Waals surface area contributed by atoms with E-state index in [0.29, 0.717) is 23.1 Å². The van der Waals surface area contributed by atoms with E-state index in [1.165, 1.54) is 18.6 Å². The van der Waals surface area contributed by atoms with E-state index in [9.17, 15) is 10.1 Å². The molecule has 1 heterocycles. The monoisotopic (exact) mass is 292 g/mol. The zero-order valence-electron chi connectivity index (χ0n) is 13.0. The molecule has 0 amide bonds. The first kappa shape index (κ1) is 15.5. The van der Waals surface area contributed by atoms with Crippen molar-refractivity contribution in [3.63, 3.8) is 0 Å². The summed E-state index contributed by atoms with van der Waals surface area (Å²) in [6.07, 6.45) is 4.26. The summed E-state index contributed by atoms with van der Waals surface area (Å²) in [4.78, 5) is 15.1. The van der Waals surface area contributed by atoms with Gasteiger partial charge in [-0.3, -0.25) is 10.1 Å². The van der Waals surface area contributed by atoms with Gasteiger partial charge in [-0.15, -0.1) is 0 Å². The van der Waals surface area contributed by atoms with Crippen LogP contribution in [0.1, 0.15) is 46.5 Å². The predicted octanol–water partition coefficient (Wildman–Crippen LogP) is 3.80. The maximum absolute atomic E-state index is 11.0. The first-order chi connectivity index (χ1) is 9.89. The fraction of sp³-hybridized carbons (Fsp3) is 0.667. The zero-order valence-corrected chi connectivity index (χ0v) is 13.0. The number of pyridine rings is 1. The lowest BCUT2D eigenvalue weighted by Gasteiger charge is -2.18. The average molecular weight is 292 g/mol. The van der Waals surface area contributed by atoms with E-state index in [-0.39, 0.29) is 10.6 Å². The molecule has 1 atom stereocenters. The van der Waals surface area contributed by atoms with Gasteiger partial charge in [0.2, 0.25) is 0 Å². The Hall–Kier alpha value is -1.85. The van der Waals surface area contributed by atoms with Gasteiger partial charge < -0.3 is 10.6 Å². The number of nitro groups is 1. The van der Waals surface area contributed by atoms with Gasteiger partial charge in [-0.25, -0.2) is 4.98 Å². The number of anilines is 2. The Bertz CT molecular complexity index is 516. The number of nitrogens with one attached hydrogen (secondary N) is 2. The average Bonchev–Trinajstić information content (AvgIpc) is 2.75. The lowest BCUT2D eigenvalue weighted by Crippen LogP contribution is -2.18. The molecular formula is C15H24N4O2. The molecule has 1 saturated carbocycles. The molecular weight excluding hydrogens is 268 g/mol. The molecule has 0 aromatic carbocycles. The molecule has 6 heteroatoms. The fourth-order valence-corrected chi connectivity index (χ4v) is 2.81. The molecule has 0 spiro atoms. The van der Waals surface area contributed by atoms with Crippen LogP contribution >= 0.6 is 0 Å². The van der Waals surface area contributed by atoms with Crippen LogP contribution in [0, 0.1) is 15.5 Å². The van der Waals surface area contributed by atoms with E-state index in [4.69, 9.17) is 0 Å². The zero-order chi connectivity index (χ0) is 15.5. The maximum Gasteiger partial charge on any atom is 0.276 e. The van der Waals surface area contributed by atoms with Crippen molar-refractivity contribution in [1.82, 2.24) is 4.98 Å². The smallest absolute Gasteiger partial charge is 0.276 e. The number of aromatic nitrogens is 1. The van der Waals surface area contributed by atoms with Crippen molar-refractivity contribution in [2.45, 2.75) is 52.5 Å². The molecule has 1 fully saturated rings. The van der Waals surface area contributed by atoms with Crippen molar-refractivity contribution < 1.29 is 4.92 Å². The van der Waals surface area contributed by atoms with Crippen LogP contribution in [0.3, 0.4) is 0 Å². The van der Waals surface area contributed by atoms with Gasteiger partial charge in [-0.2, -0.15) is 0 Å². The summed E-state index contributed by atoms with van der Waals surface area (Å²) in [5.41, 5.74) is 0.408. The van der Waals surface area contributed by atoms with Crippen LogP contribution in [0.15, 0.2) is 12.1 Å². The third-order valence-electron chi connectivity index (χ3n) is 3.90. The van der Waals surface area contributed by atoms with Crippen LogP contribution in [0.2, 0.25) is 0 Å². The molecule has 1 aliphatic rings. The largest absolute Gasteiger partial charge is 0.370 e. The molecule has 1 aromatic heterocycles. The summed E-state index contributed by atoms with van der Waals surface area (Å²) < 4.78 is 0. The summed E-state index contributed by atoms with van der Waals surface area (Å²) in [5, 5.41) is 17.5. The maximum atomic E-state index is 11.0. The lowest BCUT2D eigenvalue weighted by atomic mass is 9.92. The Morgan fingerprint density at radius 3 is 2.71 bits per heavy atom. The van der Waals surface area contributed by atoms with Crippen molar-refractivity contribution in [1.29, 1.82) is 0 Å². The van der Waals surface area contributed by atoms with Crippen molar-refractivity contribution in [3.8, 4) is 0 Å². The van der Waals surface area contributed by atoms with Crippen LogP contribution < -0.4 is 10.6 Å². The van der Waals surface area contributed by atoms with E-state index in [1.54, 1.807) is 0 Å². The summed E-state index contributed by atoms with van der Waals surface area (Å²) >= 11 is 0. The first-order valence-electron chi connectivity index (χ1n) is 7.56. The summed E-state index contributed by atoms with van der Waals surface area (Å²) in [7, 11) is 0. The van der Waals surface area contributed by atoms with Crippen molar-refractivity contribution >= 4 is 17.3 Å². The van der Waals surface area contributed by atoms with Crippen molar-refractivity contribution in [2.24, 2.45) is 5.41 Å². The highest BCUT2D eigenvalue weighted by Crippen LogP contribution is 2.38. The second-order valence-electron chi connectivity index (χ2n) is 6.53. The summed E-state index contributed by atoms with van der Waals surface area (Å²) in [5.74, 6) is 1.15. The normalized spacial score (nSPS) is 20.2. The van der Waals surface area contributed by atoms with Gasteiger partial charge in [0, 0.05) is 12.6 Å². The van der Waals surface area contributed by atoms with E-state index in [1.807, 2.05) is 6.92 Å². The Kier molecular flexibility index (Phi) is 4.65. The van der Waals surface area contributed by atoms with Crippen LogP contribution in [-0.2, 0) is 0 Å². The van der Waals surface area contributed by atoms with Crippen molar-refractivity contribution in [2.75, 3.05) is 17.2 Å². The highest BCUT2D eigenvalue weighted by atomic mass is 16.6.